The van der Waals surface area contributed by atoms with E-state index in [9.17, 15) is 0 Å². The zero-order valence-corrected chi connectivity index (χ0v) is 31.8. The van der Waals surface area contributed by atoms with Crippen molar-refractivity contribution in [2.45, 2.75) is 0 Å². The number of benzene rings is 10. The Balaban J connectivity index is 1.14. The fourth-order valence-corrected chi connectivity index (χ4v) is 9.07. The van der Waals surface area contributed by atoms with Gasteiger partial charge >= 0.3 is 0 Å². The lowest BCUT2D eigenvalue weighted by molar-refractivity contribution is 0.669. The van der Waals surface area contributed by atoms with Crippen molar-refractivity contribution >= 4 is 65.0 Å². The number of fused-ring (bicyclic) bond motifs is 8. The molecule has 0 atom stereocenters. The second-order valence-corrected chi connectivity index (χ2v) is 15.1. The van der Waals surface area contributed by atoms with Gasteiger partial charge in [0.05, 0.1) is 0 Å². The van der Waals surface area contributed by atoms with Crippen molar-refractivity contribution in [2.24, 2.45) is 0 Å². The summed E-state index contributed by atoms with van der Waals surface area (Å²) in [5.74, 6) is 1.80. The maximum atomic E-state index is 6.35. The first kappa shape index (κ1) is 33.2. The minimum absolute atomic E-state index is 0.588. The SMILES string of the molecule is c1ccc(-c2ccccc2-c2nc(-c3ccc(-c4c5ccccc5cc5c4ccc4ccccc45)c4ccccc34)nc(-c3cccc4oc5ccccc5c34)n2)cc1. The summed E-state index contributed by atoms with van der Waals surface area (Å²) < 4.78 is 6.35. The van der Waals surface area contributed by atoms with Crippen LogP contribution in [0.2, 0.25) is 0 Å². The van der Waals surface area contributed by atoms with Crippen molar-refractivity contribution in [3.05, 3.63) is 200 Å². The topological polar surface area (TPSA) is 51.8 Å². The zero-order chi connectivity index (χ0) is 38.9. The number of rotatable bonds is 5. The summed E-state index contributed by atoms with van der Waals surface area (Å²) in [6, 6.07) is 70.5. The van der Waals surface area contributed by atoms with Gasteiger partial charge in [0.25, 0.3) is 0 Å². The Kier molecular flexibility index (Phi) is 7.50. The maximum Gasteiger partial charge on any atom is 0.164 e. The number of furan rings is 1. The predicted octanol–water partition coefficient (Wildman–Crippen LogP) is 14.7. The fraction of sp³-hybridized carbons (Fsp3) is 0. The zero-order valence-electron chi connectivity index (χ0n) is 31.8. The molecule has 0 aliphatic heterocycles. The molecule has 0 saturated carbocycles. The van der Waals surface area contributed by atoms with E-state index in [2.05, 4.69) is 164 Å². The van der Waals surface area contributed by atoms with Crippen LogP contribution in [0.25, 0.3) is 121 Å². The molecule has 0 saturated heterocycles. The van der Waals surface area contributed by atoms with E-state index < -0.39 is 0 Å². The Morgan fingerprint density at radius 1 is 0.288 bits per heavy atom. The van der Waals surface area contributed by atoms with Gasteiger partial charge < -0.3 is 4.42 Å². The van der Waals surface area contributed by atoms with Crippen LogP contribution >= 0.6 is 0 Å². The Bertz CT molecular complexity index is 3620. The maximum absolute atomic E-state index is 6.35. The van der Waals surface area contributed by atoms with Crippen molar-refractivity contribution in [1.82, 2.24) is 15.0 Å². The molecule has 12 rings (SSSR count). The molecule has 0 aliphatic carbocycles. The molecule has 12 aromatic rings. The minimum atomic E-state index is 0.588. The van der Waals surface area contributed by atoms with Crippen molar-refractivity contribution < 1.29 is 4.42 Å². The highest BCUT2D eigenvalue weighted by molar-refractivity contribution is 6.23. The number of hydrogen-bond acceptors (Lipinski definition) is 4. The van der Waals surface area contributed by atoms with E-state index in [1.165, 1.54) is 43.4 Å². The van der Waals surface area contributed by atoms with Crippen LogP contribution in [0, 0.1) is 0 Å². The van der Waals surface area contributed by atoms with Gasteiger partial charge in [0.2, 0.25) is 0 Å². The smallest absolute Gasteiger partial charge is 0.164 e. The molecule has 274 valence electrons. The summed E-state index contributed by atoms with van der Waals surface area (Å²) in [6.07, 6.45) is 0. The summed E-state index contributed by atoms with van der Waals surface area (Å²) in [7, 11) is 0. The first-order valence-electron chi connectivity index (χ1n) is 19.9. The molecule has 4 heteroatoms. The standard InChI is InChI=1S/C55H33N3O/c1-2-15-34(16-3-1)37-19-8-11-24-44(37)53-56-54(58-55(57-53)47-26-14-28-50-52(47)46-25-12-13-27-49(46)59-50)45-32-31-42(40-22-9-10-23-41(40)45)51-39-21-7-5-18-36(39)33-48-38-20-6-4-17-35(38)29-30-43(48)51/h1-33H. The molecule has 0 unspecified atom stereocenters. The van der Waals surface area contributed by atoms with Gasteiger partial charge in [-0.1, -0.05) is 176 Å². The number of aromatic nitrogens is 3. The van der Waals surface area contributed by atoms with E-state index in [1.54, 1.807) is 0 Å². The molecule has 2 aromatic heterocycles. The molecule has 0 N–H and O–H groups in total. The lowest BCUT2D eigenvalue weighted by Crippen LogP contribution is -2.02. The van der Waals surface area contributed by atoms with Gasteiger partial charge in [0, 0.05) is 27.5 Å². The molecule has 4 nitrogen and oxygen atoms in total. The highest BCUT2D eigenvalue weighted by Crippen LogP contribution is 2.44. The van der Waals surface area contributed by atoms with Crippen LogP contribution < -0.4 is 0 Å². The van der Waals surface area contributed by atoms with Crippen LogP contribution in [-0.4, -0.2) is 15.0 Å². The molecule has 0 spiro atoms. The molecule has 0 amide bonds. The van der Waals surface area contributed by atoms with Crippen LogP contribution in [-0.2, 0) is 0 Å². The van der Waals surface area contributed by atoms with Gasteiger partial charge in [0.15, 0.2) is 17.5 Å². The predicted molar refractivity (Wildman–Crippen MR) is 244 cm³/mol. The number of nitrogens with zero attached hydrogens (tertiary/aromatic N) is 3. The Labute approximate surface area is 339 Å². The fourth-order valence-electron chi connectivity index (χ4n) is 9.07. The minimum Gasteiger partial charge on any atom is -0.456 e. The summed E-state index contributed by atoms with van der Waals surface area (Å²) in [6.45, 7) is 0. The van der Waals surface area contributed by atoms with E-state index in [0.29, 0.717) is 17.5 Å². The van der Waals surface area contributed by atoms with Gasteiger partial charge in [0.1, 0.15) is 11.2 Å². The van der Waals surface area contributed by atoms with Crippen molar-refractivity contribution in [2.75, 3.05) is 0 Å². The van der Waals surface area contributed by atoms with Crippen molar-refractivity contribution in [3.8, 4) is 56.4 Å². The first-order chi connectivity index (χ1) is 29.3. The normalized spacial score (nSPS) is 11.7. The Morgan fingerprint density at radius 2 is 0.847 bits per heavy atom. The molecule has 0 radical (unpaired) electrons. The molecule has 0 fully saturated rings. The van der Waals surface area contributed by atoms with Crippen molar-refractivity contribution in [1.29, 1.82) is 0 Å². The van der Waals surface area contributed by atoms with Crippen LogP contribution in [0.3, 0.4) is 0 Å². The van der Waals surface area contributed by atoms with Crippen LogP contribution in [0.5, 0.6) is 0 Å². The second-order valence-electron chi connectivity index (χ2n) is 15.1. The lowest BCUT2D eigenvalue weighted by Gasteiger charge is -2.17. The third-order valence-corrected chi connectivity index (χ3v) is 11.7. The number of para-hydroxylation sites is 1. The van der Waals surface area contributed by atoms with Crippen LogP contribution in [0.4, 0.5) is 0 Å². The third-order valence-electron chi connectivity index (χ3n) is 11.7. The molecule has 59 heavy (non-hydrogen) atoms. The van der Waals surface area contributed by atoms with Gasteiger partial charge in [-0.25, -0.2) is 15.0 Å². The summed E-state index contributed by atoms with van der Waals surface area (Å²) in [4.78, 5) is 16.0. The van der Waals surface area contributed by atoms with Gasteiger partial charge in [-0.15, -0.1) is 0 Å². The summed E-state index contributed by atoms with van der Waals surface area (Å²) in [5, 5.41) is 11.6. The van der Waals surface area contributed by atoms with Crippen LogP contribution in [0.1, 0.15) is 0 Å². The average molecular weight is 752 g/mol. The monoisotopic (exact) mass is 751 g/mol. The van der Waals surface area contributed by atoms with E-state index in [-0.39, 0.29) is 0 Å². The van der Waals surface area contributed by atoms with Crippen LogP contribution in [0.15, 0.2) is 205 Å². The molecular formula is C55H33N3O. The Hall–Kier alpha value is -7.95. The quantitative estimate of drug-likeness (QED) is 0.130. The molecule has 0 aliphatic rings. The van der Waals surface area contributed by atoms with E-state index in [1.807, 2.05) is 36.4 Å². The summed E-state index contributed by atoms with van der Waals surface area (Å²) >= 11 is 0. The van der Waals surface area contributed by atoms with E-state index in [4.69, 9.17) is 19.4 Å². The molecule has 2 heterocycles. The third kappa shape index (κ3) is 5.34. The van der Waals surface area contributed by atoms with E-state index in [0.717, 1.165) is 60.5 Å². The second kappa shape index (κ2) is 13.3. The summed E-state index contributed by atoms with van der Waals surface area (Å²) in [5.41, 5.74) is 8.92. The van der Waals surface area contributed by atoms with Gasteiger partial charge in [-0.3, -0.25) is 0 Å². The van der Waals surface area contributed by atoms with Crippen molar-refractivity contribution in [3.63, 3.8) is 0 Å². The first-order valence-corrected chi connectivity index (χ1v) is 19.9. The molecule has 0 bridgehead atoms. The average Bonchev–Trinajstić information content (AvgIpc) is 3.70. The van der Waals surface area contributed by atoms with E-state index >= 15 is 0 Å². The van der Waals surface area contributed by atoms with Gasteiger partial charge in [-0.2, -0.15) is 0 Å². The number of hydrogen-bond donors (Lipinski definition) is 0. The molecular weight excluding hydrogens is 719 g/mol. The largest absolute Gasteiger partial charge is 0.456 e. The highest BCUT2D eigenvalue weighted by atomic mass is 16.3. The highest BCUT2D eigenvalue weighted by Gasteiger charge is 2.22. The lowest BCUT2D eigenvalue weighted by atomic mass is 9.87. The Morgan fingerprint density at radius 3 is 1.66 bits per heavy atom. The van der Waals surface area contributed by atoms with Gasteiger partial charge in [-0.05, 0) is 89.6 Å². The molecule has 10 aromatic carbocycles.